The van der Waals surface area contributed by atoms with Gasteiger partial charge in [-0.15, -0.1) is 5.10 Å². The fourth-order valence-electron chi connectivity index (χ4n) is 2.39. The fourth-order valence-corrected chi connectivity index (χ4v) is 2.39. The lowest BCUT2D eigenvalue weighted by atomic mass is 10.3. The standard InChI is InChI=1S/C14H14N8/c15-14-16-6-9(17-14)5-10-7-22(21-20-10)8-13-18-11-3-1-2-4-12(11)19-13/h1-4,6-7H,5,8H2,(H,18,19)(H3,15,16,17). The Morgan fingerprint density at radius 3 is 2.91 bits per heavy atom. The van der Waals surface area contributed by atoms with E-state index in [9.17, 15) is 0 Å². The Morgan fingerprint density at radius 2 is 2.09 bits per heavy atom. The molecule has 22 heavy (non-hydrogen) atoms. The van der Waals surface area contributed by atoms with E-state index in [0.717, 1.165) is 28.2 Å². The summed E-state index contributed by atoms with van der Waals surface area (Å²) >= 11 is 0. The molecule has 0 spiro atoms. The lowest BCUT2D eigenvalue weighted by molar-refractivity contribution is 0.630. The van der Waals surface area contributed by atoms with Gasteiger partial charge < -0.3 is 15.7 Å². The van der Waals surface area contributed by atoms with E-state index < -0.39 is 0 Å². The van der Waals surface area contributed by atoms with Crippen molar-refractivity contribution in [2.24, 2.45) is 0 Å². The number of benzene rings is 1. The molecule has 0 aliphatic carbocycles. The molecule has 0 saturated heterocycles. The molecule has 3 heterocycles. The summed E-state index contributed by atoms with van der Waals surface area (Å²) in [6.07, 6.45) is 4.21. The summed E-state index contributed by atoms with van der Waals surface area (Å²) in [7, 11) is 0. The van der Waals surface area contributed by atoms with E-state index in [1.54, 1.807) is 10.9 Å². The summed E-state index contributed by atoms with van der Waals surface area (Å²) in [5, 5.41) is 8.28. The van der Waals surface area contributed by atoms with Crippen molar-refractivity contribution in [2.75, 3.05) is 5.73 Å². The lowest BCUT2D eigenvalue weighted by Gasteiger charge is -1.95. The van der Waals surface area contributed by atoms with Crippen LogP contribution in [0.2, 0.25) is 0 Å². The maximum Gasteiger partial charge on any atom is 0.197 e. The molecule has 0 fully saturated rings. The van der Waals surface area contributed by atoms with Gasteiger partial charge in [0, 0.05) is 18.3 Å². The minimum absolute atomic E-state index is 0.407. The van der Waals surface area contributed by atoms with Gasteiger partial charge in [0.25, 0.3) is 0 Å². The van der Waals surface area contributed by atoms with Crippen molar-refractivity contribution in [3.8, 4) is 0 Å². The van der Waals surface area contributed by atoms with E-state index in [-0.39, 0.29) is 0 Å². The summed E-state index contributed by atoms with van der Waals surface area (Å²) in [4.78, 5) is 14.7. The Balaban J connectivity index is 1.51. The van der Waals surface area contributed by atoms with E-state index in [1.807, 2.05) is 30.5 Å². The van der Waals surface area contributed by atoms with Crippen LogP contribution in [0.15, 0.2) is 36.7 Å². The smallest absolute Gasteiger partial charge is 0.197 e. The second-order valence-electron chi connectivity index (χ2n) is 5.08. The third kappa shape index (κ3) is 2.41. The lowest BCUT2D eigenvalue weighted by Crippen LogP contribution is -2.02. The zero-order valence-electron chi connectivity index (χ0n) is 11.7. The molecular formula is C14H14N8. The largest absolute Gasteiger partial charge is 0.369 e. The minimum atomic E-state index is 0.407. The number of aromatic amines is 2. The molecule has 1 aromatic carbocycles. The van der Waals surface area contributed by atoms with E-state index in [4.69, 9.17) is 5.73 Å². The number of nitrogens with zero attached hydrogens (tertiary/aromatic N) is 5. The number of aromatic nitrogens is 7. The maximum absolute atomic E-state index is 5.56. The first-order valence-electron chi connectivity index (χ1n) is 6.88. The molecule has 0 bridgehead atoms. The van der Waals surface area contributed by atoms with Crippen LogP contribution in [0.25, 0.3) is 11.0 Å². The average Bonchev–Trinajstić information content (AvgIpc) is 3.20. The quantitative estimate of drug-likeness (QED) is 0.521. The molecule has 0 aliphatic rings. The zero-order valence-corrected chi connectivity index (χ0v) is 11.7. The Kier molecular flexibility index (Phi) is 2.85. The molecule has 0 amide bonds. The van der Waals surface area contributed by atoms with Gasteiger partial charge in [-0.25, -0.2) is 14.6 Å². The van der Waals surface area contributed by atoms with Crippen molar-refractivity contribution in [3.63, 3.8) is 0 Å². The first-order chi connectivity index (χ1) is 10.8. The summed E-state index contributed by atoms with van der Waals surface area (Å²) in [5.74, 6) is 1.26. The molecule has 0 radical (unpaired) electrons. The van der Waals surface area contributed by atoms with Crippen LogP contribution in [0.3, 0.4) is 0 Å². The van der Waals surface area contributed by atoms with Gasteiger partial charge in [0.1, 0.15) is 12.4 Å². The SMILES string of the molecule is Nc1ncc(Cc2cn(Cc3nc4ccccc4[nH]3)nn2)[nH]1. The number of anilines is 1. The van der Waals surface area contributed by atoms with Crippen LogP contribution in [0, 0.1) is 0 Å². The molecule has 4 rings (SSSR count). The number of hydrogen-bond donors (Lipinski definition) is 3. The first kappa shape index (κ1) is 12.6. The predicted octanol–water partition coefficient (Wildman–Crippen LogP) is 1.10. The minimum Gasteiger partial charge on any atom is -0.369 e. The van der Waals surface area contributed by atoms with Crippen LogP contribution in [-0.2, 0) is 13.0 Å². The highest BCUT2D eigenvalue weighted by molar-refractivity contribution is 5.74. The molecule has 0 atom stereocenters. The van der Waals surface area contributed by atoms with Gasteiger partial charge >= 0.3 is 0 Å². The Morgan fingerprint density at radius 1 is 1.18 bits per heavy atom. The highest BCUT2D eigenvalue weighted by Crippen LogP contribution is 2.11. The number of hydrogen-bond acceptors (Lipinski definition) is 5. The first-order valence-corrected chi connectivity index (χ1v) is 6.88. The van der Waals surface area contributed by atoms with Gasteiger partial charge in [-0.2, -0.15) is 0 Å². The van der Waals surface area contributed by atoms with Crippen molar-refractivity contribution in [3.05, 3.63) is 53.9 Å². The van der Waals surface area contributed by atoms with E-state index in [1.165, 1.54) is 0 Å². The number of nitrogens with one attached hydrogen (secondary N) is 2. The fraction of sp³-hybridized carbons (Fsp3) is 0.143. The Hall–Kier alpha value is -3.16. The van der Waals surface area contributed by atoms with Crippen molar-refractivity contribution in [1.29, 1.82) is 0 Å². The molecule has 0 aliphatic heterocycles. The molecular weight excluding hydrogens is 280 g/mol. The highest BCUT2D eigenvalue weighted by Gasteiger charge is 2.07. The molecule has 8 heteroatoms. The third-order valence-corrected chi connectivity index (χ3v) is 3.36. The summed E-state index contributed by atoms with van der Waals surface area (Å²) in [5.41, 5.74) is 9.28. The Labute approximate surface area is 125 Å². The monoisotopic (exact) mass is 294 g/mol. The Bertz CT molecular complexity index is 883. The van der Waals surface area contributed by atoms with E-state index in [0.29, 0.717) is 18.9 Å². The molecule has 0 saturated carbocycles. The number of imidazole rings is 2. The molecule has 110 valence electrons. The highest BCUT2D eigenvalue weighted by atomic mass is 15.4. The summed E-state index contributed by atoms with van der Waals surface area (Å²) in [6, 6.07) is 7.93. The van der Waals surface area contributed by atoms with Crippen molar-refractivity contribution >= 4 is 17.0 Å². The van der Waals surface area contributed by atoms with Gasteiger partial charge in [0.15, 0.2) is 5.95 Å². The number of nitrogens with two attached hydrogens (primary N) is 1. The molecule has 3 aromatic heterocycles. The topological polar surface area (TPSA) is 114 Å². The van der Waals surface area contributed by atoms with Crippen LogP contribution in [0.1, 0.15) is 17.2 Å². The van der Waals surface area contributed by atoms with Crippen molar-refractivity contribution in [2.45, 2.75) is 13.0 Å². The van der Waals surface area contributed by atoms with Crippen LogP contribution in [0.4, 0.5) is 5.95 Å². The summed E-state index contributed by atoms with van der Waals surface area (Å²) < 4.78 is 1.76. The molecule has 4 aromatic rings. The maximum atomic E-state index is 5.56. The van der Waals surface area contributed by atoms with Gasteiger partial charge in [-0.05, 0) is 12.1 Å². The van der Waals surface area contributed by atoms with Crippen LogP contribution in [-0.4, -0.2) is 34.9 Å². The number of nitrogen functional groups attached to an aromatic ring is 1. The number of para-hydroxylation sites is 2. The molecule has 4 N–H and O–H groups in total. The van der Waals surface area contributed by atoms with Crippen molar-refractivity contribution in [1.82, 2.24) is 34.9 Å². The normalized spacial score (nSPS) is 11.3. The third-order valence-electron chi connectivity index (χ3n) is 3.36. The second-order valence-corrected chi connectivity index (χ2v) is 5.08. The van der Waals surface area contributed by atoms with E-state index >= 15 is 0 Å². The van der Waals surface area contributed by atoms with Crippen LogP contribution < -0.4 is 5.73 Å². The van der Waals surface area contributed by atoms with Gasteiger partial charge in [0.2, 0.25) is 0 Å². The predicted molar refractivity (Wildman–Crippen MR) is 81.0 cm³/mol. The van der Waals surface area contributed by atoms with Gasteiger partial charge in [-0.1, -0.05) is 17.3 Å². The molecule has 8 nitrogen and oxygen atoms in total. The van der Waals surface area contributed by atoms with Crippen LogP contribution >= 0.6 is 0 Å². The number of rotatable bonds is 4. The van der Waals surface area contributed by atoms with Crippen LogP contribution in [0.5, 0.6) is 0 Å². The molecule has 0 unspecified atom stereocenters. The zero-order chi connectivity index (χ0) is 14.9. The second kappa shape index (κ2) is 4.99. The van der Waals surface area contributed by atoms with Crippen molar-refractivity contribution < 1.29 is 0 Å². The number of fused-ring (bicyclic) bond motifs is 1. The average molecular weight is 294 g/mol. The van der Waals surface area contributed by atoms with Gasteiger partial charge in [0.05, 0.1) is 22.9 Å². The number of H-pyrrole nitrogens is 2. The van der Waals surface area contributed by atoms with Gasteiger partial charge in [-0.3, -0.25) is 0 Å². The summed E-state index contributed by atoms with van der Waals surface area (Å²) in [6.45, 7) is 0.548. The van der Waals surface area contributed by atoms with E-state index in [2.05, 4.69) is 30.2 Å².